The van der Waals surface area contributed by atoms with Crippen molar-refractivity contribution in [2.45, 2.75) is 38.5 Å². The number of benzene rings is 1. The second kappa shape index (κ2) is 11.1. The third-order valence-corrected chi connectivity index (χ3v) is 4.09. The highest BCUT2D eigenvalue weighted by atomic mass is 32.1. The number of ketones is 1. The van der Waals surface area contributed by atoms with E-state index in [9.17, 15) is 9.59 Å². The molecule has 0 spiro atoms. The Hall–Kier alpha value is -1.49. The van der Waals surface area contributed by atoms with E-state index in [0.29, 0.717) is 24.3 Å². The molecule has 128 valence electrons. The number of hydrogen-bond donors (Lipinski definition) is 2. The summed E-state index contributed by atoms with van der Waals surface area (Å²) in [6.07, 6.45) is 5.82. The van der Waals surface area contributed by atoms with E-state index in [-0.39, 0.29) is 11.7 Å². The highest BCUT2D eigenvalue weighted by Crippen LogP contribution is 2.12. The van der Waals surface area contributed by atoms with Crippen LogP contribution >= 0.6 is 12.6 Å². The van der Waals surface area contributed by atoms with E-state index in [2.05, 4.69) is 17.9 Å². The molecule has 0 bridgehead atoms. The number of rotatable bonds is 11. The van der Waals surface area contributed by atoms with Gasteiger partial charge in [-0.1, -0.05) is 19.3 Å². The summed E-state index contributed by atoms with van der Waals surface area (Å²) in [5, 5.41) is 2.95. The Labute approximate surface area is 145 Å². The van der Waals surface area contributed by atoms with Crippen LogP contribution in [0.5, 0.6) is 0 Å². The van der Waals surface area contributed by atoms with E-state index in [4.69, 9.17) is 0 Å². The van der Waals surface area contributed by atoms with Crippen molar-refractivity contribution in [3.8, 4) is 0 Å². The molecule has 1 N–H and O–H groups in total. The van der Waals surface area contributed by atoms with Gasteiger partial charge in [-0.3, -0.25) is 9.59 Å². The molecule has 0 saturated carbocycles. The number of amides is 1. The summed E-state index contributed by atoms with van der Waals surface area (Å²) in [5.41, 5.74) is 1.78. The van der Waals surface area contributed by atoms with Crippen LogP contribution in [-0.4, -0.2) is 38.1 Å². The zero-order valence-electron chi connectivity index (χ0n) is 14.2. The summed E-state index contributed by atoms with van der Waals surface area (Å²) in [6.45, 7) is 0.698. The number of nitrogens with zero attached hydrogens (tertiary/aromatic N) is 1. The second-order valence-corrected chi connectivity index (χ2v) is 6.23. The van der Waals surface area contributed by atoms with Gasteiger partial charge in [0.25, 0.3) is 5.91 Å². The van der Waals surface area contributed by atoms with Crippen molar-refractivity contribution in [3.05, 3.63) is 29.8 Å². The highest BCUT2D eigenvalue weighted by Gasteiger charge is 2.05. The summed E-state index contributed by atoms with van der Waals surface area (Å²) in [6, 6.07) is 7.59. The van der Waals surface area contributed by atoms with Gasteiger partial charge in [-0.15, -0.1) is 0 Å². The van der Waals surface area contributed by atoms with Gasteiger partial charge >= 0.3 is 0 Å². The summed E-state index contributed by atoms with van der Waals surface area (Å²) in [5.74, 6) is 0.553. The quantitative estimate of drug-likeness (QED) is 0.481. The molecule has 0 saturated heterocycles. The fourth-order valence-electron chi connectivity index (χ4n) is 2.27. The Morgan fingerprint density at radius 1 is 1.00 bits per heavy atom. The van der Waals surface area contributed by atoms with Gasteiger partial charge in [-0.05, 0) is 37.1 Å². The topological polar surface area (TPSA) is 49.4 Å². The van der Waals surface area contributed by atoms with Gasteiger partial charge in [0.1, 0.15) is 5.78 Å². The molecule has 0 heterocycles. The molecule has 1 rings (SSSR count). The van der Waals surface area contributed by atoms with Crippen LogP contribution in [0.4, 0.5) is 5.69 Å². The van der Waals surface area contributed by atoms with Gasteiger partial charge in [0.05, 0.1) is 0 Å². The van der Waals surface area contributed by atoms with Gasteiger partial charge in [0, 0.05) is 44.1 Å². The van der Waals surface area contributed by atoms with E-state index in [1.165, 1.54) is 0 Å². The maximum absolute atomic E-state index is 12.0. The predicted octanol–water partition coefficient (Wildman–Crippen LogP) is 3.32. The van der Waals surface area contributed by atoms with Crippen molar-refractivity contribution in [1.29, 1.82) is 0 Å². The minimum Gasteiger partial charge on any atom is -0.378 e. The number of unbranched alkanes of at least 4 members (excludes halogenated alkanes) is 4. The molecule has 1 aromatic rings. The van der Waals surface area contributed by atoms with E-state index in [1.807, 2.05) is 43.3 Å². The van der Waals surface area contributed by atoms with Crippen molar-refractivity contribution in [3.63, 3.8) is 0 Å². The first kappa shape index (κ1) is 19.6. The summed E-state index contributed by atoms with van der Waals surface area (Å²) in [7, 11) is 3.95. The molecule has 1 aromatic carbocycles. The van der Waals surface area contributed by atoms with Gasteiger partial charge < -0.3 is 10.2 Å². The minimum atomic E-state index is -0.0188. The average Bonchev–Trinajstić information content (AvgIpc) is 2.56. The van der Waals surface area contributed by atoms with E-state index in [1.54, 1.807) is 0 Å². The molecular formula is C18H28N2O2S. The molecule has 23 heavy (non-hydrogen) atoms. The summed E-state index contributed by atoms with van der Waals surface area (Å²) < 4.78 is 0. The molecule has 1 amide bonds. The van der Waals surface area contributed by atoms with Crippen molar-refractivity contribution in [2.75, 3.05) is 31.3 Å². The van der Waals surface area contributed by atoms with Gasteiger partial charge in [0.15, 0.2) is 0 Å². The first-order valence-corrected chi connectivity index (χ1v) is 8.86. The number of thiol groups is 1. The summed E-state index contributed by atoms with van der Waals surface area (Å²) >= 11 is 3.96. The van der Waals surface area contributed by atoms with Crippen LogP contribution in [0, 0.1) is 0 Å². The standard InChI is InChI=1S/C18H28N2O2S/c1-20(2)16-11-9-15(10-12-16)18(22)19-13-7-5-3-4-6-8-17(21)14-23/h9-12,23H,3-8,13-14H2,1-2H3,(H,19,22). The maximum atomic E-state index is 12.0. The zero-order valence-corrected chi connectivity index (χ0v) is 15.1. The number of anilines is 1. The second-order valence-electron chi connectivity index (χ2n) is 5.91. The maximum Gasteiger partial charge on any atom is 0.251 e. The Morgan fingerprint density at radius 2 is 1.61 bits per heavy atom. The molecule has 5 heteroatoms. The van der Waals surface area contributed by atoms with Crippen LogP contribution in [0.25, 0.3) is 0 Å². The summed E-state index contributed by atoms with van der Waals surface area (Å²) in [4.78, 5) is 25.1. The number of hydrogen-bond acceptors (Lipinski definition) is 4. The fraction of sp³-hybridized carbons (Fsp3) is 0.556. The van der Waals surface area contributed by atoms with Crippen LogP contribution in [0.15, 0.2) is 24.3 Å². The lowest BCUT2D eigenvalue weighted by Gasteiger charge is -2.12. The van der Waals surface area contributed by atoms with E-state index >= 15 is 0 Å². The smallest absolute Gasteiger partial charge is 0.251 e. The number of nitrogens with one attached hydrogen (secondary N) is 1. The van der Waals surface area contributed by atoms with Gasteiger partial charge in [-0.2, -0.15) is 12.6 Å². The van der Waals surface area contributed by atoms with Gasteiger partial charge in [0.2, 0.25) is 0 Å². The molecule has 0 aliphatic carbocycles. The van der Waals surface area contributed by atoms with Crippen LogP contribution in [-0.2, 0) is 4.79 Å². The molecule has 0 unspecified atom stereocenters. The third kappa shape index (κ3) is 8.07. The Bertz CT molecular complexity index is 486. The molecule has 0 aliphatic rings. The van der Waals surface area contributed by atoms with E-state index < -0.39 is 0 Å². The van der Waals surface area contributed by atoms with Crippen molar-refractivity contribution in [2.24, 2.45) is 0 Å². The molecule has 0 fully saturated rings. The normalized spacial score (nSPS) is 10.4. The highest BCUT2D eigenvalue weighted by molar-refractivity contribution is 7.81. The van der Waals surface area contributed by atoms with Gasteiger partial charge in [-0.25, -0.2) is 0 Å². The monoisotopic (exact) mass is 336 g/mol. The predicted molar refractivity (Wildman–Crippen MR) is 99.7 cm³/mol. The Kier molecular flexibility index (Phi) is 9.45. The number of carbonyl (C=O) groups is 2. The average molecular weight is 337 g/mol. The van der Waals surface area contributed by atoms with Crippen LogP contribution in [0.3, 0.4) is 0 Å². The van der Waals surface area contributed by atoms with Crippen molar-refractivity contribution >= 4 is 30.0 Å². The first-order chi connectivity index (χ1) is 11.0. The van der Waals surface area contributed by atoms with Crippen molar-refractivity contribution < 1.29 is 9.59 Å². The van der Waals surface area contributed by atoms with E-state index in [0.717, 1.165) is 37.8 Å². The molecule has 0 aliphatic heterocycles. The Balaban J connectivity index is 2.11. The number of carbonyl (C=O) groups excluding carboxylic acids is 2. The molecule has 0 aromatic heterocycles. The molecular weight excluding hydrogens is 308 g/mol. The third-order valence-electron chi connectivity index (χ3n) is 3.74. The zero-order chi connectivity index (χ0) is 17.1. The molecule has 0 atom stereocenters. The van der Waals surface area contributed by atoms with Crippen molar-refractivity contribution in [1.82, 2.24) is 5.32 Å². The largest absolute Gasteiger partial charge is 0.378 e. The van der Waals surface area contributed by atoms with Crippen LogP contribution in [0.2, 0.25) is 0 Å². The Morgan fingerprint density at radius 3 is 2.22 bits per heavy atom. The molecule has 0 radical (unpaired) electrons. The minimum absolute atomic E-state index is 0.0188. The van der Waals surface area contributed by atoms with Crippen LogP contribution in [0.1, 0.15) is 48.9 Å². The van der Waals surface area contributed by atoms with Crippen LogP contribution < -0.4 is 10.2 Å². The lowest BCUT2D eigenvalue weighted by atomic mass is 10.1. The lowest BCUT2D eigenvalue weighted by molar-refractivity contribution is -0.116. The lowest BCUT2D eigenvalue weighted by Crippen LogP contribution is -2.24. The fourth-order valence-corrected chi connectivity index (χ4v) is 2.43. The SMILES string of the molecule is CN(C)c1ccc(C(=O)NCCCCCCCC(=O)CS)cc1. The molecule has 4 nitrogen and oxygen atoms in total. The number of Topliss-reactive ketones (excluding diaryl/α,β-unsaturated/α-hetero) is 1. The first-order valence-electron chi connectivity index (χ1n) is 8.22.